The van der Waals surface area contributed by atoms with Crippen LogP contribution in [0.5, 0.6) is 0 Å². The molecule has 0 nitrogen and oxygen atoms in total. The molecule has 0 aliphatic heterocycles. The Morgan fingerprint density at radius 1 is 1.07 bits per heavy atom. The molecule has 82 valence electrons. The Balaban J connectivity index is 2.05. The highest BCUT2D eigenvalue weighted by atomic mass is 14.3. The molecule has 0 unspecified atom stereocenters. The Bertz CT molecular complexity index is 286. The molecule has 2 rings (SSSR count). The lowest BCUT2D eigenvalue weighted by Crippen LogP contribution is -2.18. The summed E-state index contributed by atoms with van der Waals surface area (Å²) in [6.45, 7) is 4.75. The molecule has 1 aromatic carbocycles. The molecular formula is C15H22. The van der Waals surface area contributed by atoms with Gasteiger partial charge in [-0.3, -0.25) is 0 Å². The van der Waals surface area contributed by atoms with E-state index in [2.05, 4.69) is 44.2 Å². The van der Waals surface area contributed by atoms with Gasteiger partial charge in [-0.25, -0.2) is 0 Å². The molecule has 15 heavy (non-hydrogen) atoms. The number of rotatable bonds is 2. The van der Waals surface area contributed by atoms with Crippen molar-refractivity contribution in [2.45, 2.75) is 45.4 Å². The van der Waals surface area contributed by atoms with E-state index in [0.29, 0.717) is 0 Å². The second kappa shape index (κ2) is 4.83. The van der Waals surface area contributed by atoms with E-state index >= 15 is 0 Å². The van der Waals surface area contributed by atoms with Crippen LogP contribution in [0.4, 0.5) is 0 Å². The number of hydrogen-bond acceptors (Lipinski definition) is 0. The maximum atomic E-state index is 2.37. The quantitative estimate of drug-likeness (QED) is 0.656. The fraction of sp³-hybridized carbons (Fsp3) is 0.600. The molecule has 1 aliphatic rings. The monoisotopic (exact) mass is 202 g/mol. The van der Waals surface area contributed by atoms with Gasteiger partial charge in [0.1, 0.15) is 0 Å². The third-order valence-corrected chi connectivity index (χ3v) is 3.93. The first-order chi connectivity index (χ1) is 7.27. The maximum absolute atomic E-state index is 2.37. The number of benzene rings is 1. The largest absolute Gasteiger partial charge is 0.0625 e. The highest BCUT2D eigenvalue weighted by Crippen LogP contribution is 2.38. The van der Waals surface area contributed by atoms with Gasteiger partial charge in [0.2, 0.25) is 0 Å². The van der Waals surface area contributed by atoms with Crippen molar-refractivity contribution in [3.63, 3.8) is 0 Å². The Labute approximate surface area is 93.7 Å². The van der Waals surface area contributed by atoms with Gasteiger partial charge in [0.15, 0.2) is 0 Å². The summed E-state index contributed by atoms with van der Waals surface area (Å²) in [6.07, 6.45) is 5.67. The summed E-state index contributed by atoms with van der Waals surface area (Å²) in [7, 11) is 0. The summed E-state index contributed by atoms with van der Waals surface area (Å²) in [5.74, 6) is 2.63. The van der Waals surface area contributed by atoms with Crippen LogP contribution in [0, 0.1) is 11.8 Å². The van der Waals surface area contributed by atoms with Crippen molar-refractivity contribution in [1.29, 1.82) is 0 Å². The normalized spacial score (nSPS) is 26.9. The van der Waals surface area contributed by atoms with Gasteiger partial charge < -0.3 is 0 Å². The SMILES string of the molecule is CC(C)[C@H]1CCC[C@@H](c2ccccc2)C1. The minimum Gasteiger partial charge on any atom is -0.0625 e. The van der Waals surface area contributed by atoms with Crippen LogP contribution in [0.25, 0.3) is 0 Å². The van der Waals surface area contributed by atoms with Crippen LogP contribution in [-0.2, 0) is 0 Å². The predicted octanol–water partition coefficient (Wildman–Crippen LogP) is 4.62. The smallest absolute Gasteiger partial charge is 0.0159 e. The second-order valence-electron chi connectivity index (χ2n) is 5.28. The average molecular weight is 202 g/mol. The fourth-order valence-electron chi connectivity index (χ4n) is 2.86. The van der Waals surface area contributed by atoms with Crippen molar-refractivity contribution in [3.8, 4) is 0 Å². The van der Waals surface area contributed by atoms with Gasteiger partial charge in [-0.2, -0.15) is 0 Å². The summed E-state index contributed by atoms with van der Waals surface area (Å²) in [5.41, 5.74) is 1.56. The second-order valence-corrected chi connectivity index (χ2v) is 5.28. The first-order valence-corrected chi connectivity index (χ1v) is 6.32. The molecule has 0 aromatic heterocycles. The van der Waals surface area contributed by atoms with Gasteiger partial charge in [-0.05, 0) is 36.2 Å². The first-order valence-electron chi connectivity index (χ1n) is 6.32. The minimum absolute atomic E-state index is 0.826. The van der Waals surface area contributed by atoms with E-state index in [9.17, 15) is 0 Å². The molecule has 0 saturated heterocycles. The lowest BCUT2D eigenvalue weighted by molar-refractivity contribution is 0.254. The van der Waals surface area contributed by atoms with E-state index in [1.54, 1.807) is 5.56 Å². The molecule has 1 fully saturated rings. The van der Waals surface area contributed by atoms with E-state index in [1.807, 2.05) is 0 Å². The Morgan fingerprint density at radius 3 is 2.47 bits per heavy atom. The highest BCUT2D eigenvalue weighted by molar-refractivity contribution is 5.20. The molecule has 1 saturated carbocycles. The summed E-state index contributed by atoms with van der Waals surface area (Å²) >= 11 is 0. The standard InChI is InChI=1S/C15H22/c1-12(2)14-9-6-10-15(11-14)13-7-4-3-5-8-13/h3-5,7-8,12,14-15H,6,9-11H2,1-2H3/t14-,15+/m0/s1. The van der Waals surface area contributed by atoms with E-state index in [0.717, 1.165) is 17.8 Å². The third kappa shape index (κ3) is 2.62. The van der Waals surface area contributed by atoms with Crippen LogP contribution in [-0.4, -0.2) is 0 Å². The third-order valence-electron chi connectivity index (χ3n) is 3.93. The Kier molecular flexibility index (Phi) is 3.45. The molecule has 0 radical (unpaired) electrons. The van der Waals surface area contributed by atoms with Crippen molar-refractivity contribution in [2.75, 3.05) is 0 Å². The topological polar surface area (TPSA) is 0 Å². The van der Waals surface area contributed by atoms with Gasteiger partial charge in [-0.1, -0.05) is 57.0 Å². The van der Waals surface area contributed by atoms with Gasteiger partial charge in [-0.15, -0.1) is 0 Å². The zero-order chi connectivity index (χ0) is 10.7. The number of hydrogen-bond donors (Lipinski definition) is 0. The average Bonchev–Trinajstić information content (AvgIpc) is 2.30. The summed E-state index contributed by atoms with van der Waals surface area (Å²) in [6, 6.07) is 11.1. The Hall–Kier alpha value is -0.780. The lowest BCUT2D eigenvalue weighted by atomic mass is 9.74. The van der Waals surface area contributed by atoms with E-state index in [4.69, 9.17) is 0 Å². The van der Waals surface area contributed by atoms with Gasteiger partial charge in [0.25, 0.3) is 0 Å². The first kappa shape index (κ1) is 10.7. The molecule has 0 spiro atoms. The Morgan fingerprint density at radius 2 is 1.80 bits per heavy atom. The van der Waals surface area contributed by atoms with Crippen LogP contribution in [0.3, 0.4) is 0 Å². The van der Waals surface area contributed by atoms with Gasteiger partial charge >= 0.3 is 0 Å². The molecule has 2 atom stereocenters. The molecule has 1 aromatic rings. The van der Waals surface area contributed by atoms with Crippen LogP contribution in [0.15, 0.2) is 30.3 Å². The summed E-state index contributed by atoms with van der Waals surface area (Å²) in [4.78, 5) is 0. The van der Waals surface area contributed by atoms with Crippen molar-refractivity contribution in [3.05, 3.63) is 35.9 Å². The van der Waals surface area contributed by atoms with Gasteiger partial charge in [0.05, 0.1) is 0 Å². The summed E-state index contributed by atoms with van der Waals surface area (Å²) in [5, 5.41) is 0. The van der Waals surface area contributed by atoms with Crippen LogP contribution in [0.1, 0.15) is 51.0 Å². The fourth-order valence-corrected chi connectivity index (χ4v) is 2.86. The molecule has 0 bridgehead atoms. The molecule has 0 heterocycles. The highest BCUT2D eigenvalue weighted by Gasteiger charge is 2.24. The lowest BCUT2D eigenvalue weighted by Gasteiger charge is -2.31. The minimum atomic E-state index is 0.826. The van der Waals surface area contributed by atoms with Crippen LogP contribution in [0.2, 0.25) is 0 Å². The predicted molar refractivity (Wildman–Crippen MR) is 66.0 cm³/mol. The van der Waals surface area contributed by atoms with E-state index in [1.165, 1.54) is 25.7 Å². The molecule has 0 heteroatoms. The maximum Gasteiger partial charge on any atom is -0.0159 e. The zero-order valence-electron chi connectivity index (χ0n) is 9.95. The van der Waals surface area contributed by atoms with Crippen LogP contribution >= 0.6 is 0 Å². The molecule has 1 aliphatic carbocycles. The summed E-state index contributed by atoms with van der Waals surface area (Å²) < 4.78 is 0. The molecule has 0 amide bonds. The van der Waals surface area contributed by atoms with E-state index < -0.39 is 0 Å². The van der Waals surface area contributed by atoms with Crippen LogP contribution < -0.4 is 0 Å². The molecular weight excluding hydrogens is 180 g/mol. The van der Waals surface area contributed by atoms with Crippen molar-refractivity contribution in [2.24, 2.45) is 11.8 Å². The van der Waals surface area contributed by atoms with Crippen molar-refractivity contribution >= 4 is 0 Å². The molecule has 0 N–H and O–H groups in total. The van der Waals surface area contributed by atoms with Gasteiger partial charge in [0, 0.05) is 0 Å². The van der Waals surface area contributed by atoms with Crippen molar-refractivity contribution < 1.29 is 0 Å². The zero-order valence-corrected chi connectivity index (χ0v) is 9.95. The van der Waals surface area contributed by atoms with Crippen molar-refractivity contribution in [1.82, 2.24) is 0 Å². The van der Waals surface area contributed by atoms with E-state index in [-0.39, 0.29) is 0 Å².